The number of unbranched alkanes of at least 4 members (excludes halogenated alkanes) is 1. The molecule has 0 bridgehead atoms. The van der Waals surface area contributed by atoms with Crippen LogP contribution in [0.1, 0.15) is 30.9 Å². The van der Waals surface area contributed by atoms with Crippen molar-refractivity contribution in [3.05, 3.63) is 29.8 Å². The van der Waals surface area contributed by atoms with E-state index in [-0.39, 0.29) is 6.10 Å². The first kappa shape index (κ1) is 12.4. The molecule has 1 N–H and O–H groups in total. The van der Waals surface area contributed by atoms with E-state index in [1.54, 1.807) is 7.11 Å². The Bertz CT molecular complexity index is 354. The fraction of sp³-hybridized carbons (Fsp3) is 0.571. The molecule has 1 aromatic carbocycles. The third-order valence-electron chi connectivity index (χ3n) is 3.34. The van der Waals surface area contributed by atoms with Crippen LogP contribution in [0.15, 0.2) is 24.3 Å². The highest BCUT2D eigenvalue weighted by molar-refractivity contribution is 5.56. The number of nitrogens with zero attached hydrogens (tertiary/aromatic N) is 1. The lowest BCUT2D eigenvalue weighted by Gasteiger charge is -2.33. The van der Waals surface area contributed by atoms with Crippen LogP contribution in [0.25, 0.3) is 0 Å². The van der Waals surface area contributed by atoms with E-state index in [1.807, 2.05) is 18.2 Å². The monoisotopic (exact) mass is 235 g/mol. The van der Waals surface area contributed by atoms with E-state index in [1.165, 1.54) is 5.69 Å². The zero-order valence-electron chi connectivity index (χ0n) is 10.4. The van der Waals surface area contributed by atoms with Gasteiger partial charge in [0.15, 0.2) is 0 Å². The lowest BCUT2D eigenvalue weighted by atomic mass is 9.98. The Labute approximate surface area is 103 Å². The van der Waals surface area contributed by atoms with Gasteiger partial charge in [-0.3, -0.25) is 0 Å². The number of hydrogen-bond acceptors (Lipinski definition) is 3. The Morgan fingerprint density at radius 2 is 2.18 bits per heavy atom. The number of aliphatic hydroxyl groups excluding tert-OH is 1. The highest BCUT2D eigenvalue weighted by Gasteiger charge is 2.22. The number of anilines is 1. The molecule has 17 heavy (non-hydrogen) atoms. The zero-order valence-corrected chi connectivity index (χ0v) is 10.4. The van der Waals surface area contributed by atoms with Gasteiger partial charge < -0.3 is 14.7 Å². The largest absolute Gasteiger partial charge is 0.388 e. The van der Waals surface area contributed by atoms with E-state index in [9.17, 15) is 5.11 Å². The number of rotatable bonds is 5. The van der Waals surface area contributed by atoms with Crippen LogP contribution in [0.3, 0.4) is 0 Å². The summed E-state index contributed by atoms with van der Waals surface area (Å²) in [4.78, 5) is 2.37. The maximum absolute atomic E-state index is 9.94. The second kappa shape index (κ2) is 6.03. The van der Waals surface area contributed by atoms with E-state index >= 15 is 0 Å². The van der Waals surface area contributed by atoms with Crippen molar-refractivity contribution in [2.45, 2.75) is 25.4 Å². The van der Waals surface area contributed by atoms with Crippen molar-refractivity contribution >= 4 is 5.69 Å². The maximum atomic E-state index is 9.94. The minimum Gasteiger partial charge on any atom is -0.388 e. The topological polar surface area (TPSA) is 32.7 Å². The van der Waals surface area contributed by atoms with Gasteiger partial charge in [-0.05, 0) is 25.3 Å². The fourth-order valence-corrected chi connectivity index (χ4v) is 2.39. The summed E-state index contributed by atoms with van der Waals surface area (Å²) in [5, 5.41) is 9.94. The van der Waals surface area contributed by atoms with Crippen molar-refractivity contribution in [2.24, 2.45) is 0 Å². The maximum Gasteiger partial charge on any atom is 0.0826 e. The van der Waals surface area contributed by atoms with Gasteiger partial charge in [0.1, 0.15) is 0 Å². The van der Waals surface area contributed by atoms with Crippen molar-refractivity contribution in [1.82, 2.24) is 0 Å². The molecule has 1 unspecified atom stereocenters. The van der Waals surface area contributed by atoms with Crippen molar-refractivity contribution in [3.8, 4) is 0 Å². The van der Waals surface area contributed by atoms with Crippen LogP contribution in [-0.2, 0) is 4.74 Å². The van der Waals surface area contributed by atoms with Gasteiger partial charge in [0, 0.05) is 38.1 Å². The molecule has 0 aromatic heterocycles. The van der Waals surface area contributed by atoms with Crippen molar-refractivity contribution < 1.29 is 9.84 Å². The number of ether oxygens (including phenoxy) is 1. The van der Waals surface area contributed by atoms with Crippen LogP contribution in [-0.4, -0.2) is 31.9 Å². The number of aliphatic hydroxyl groups is 1. The van der Waals surface area contributed by atoms with Crippen molar-refractivity contribution in [3.63, 3.8) is 0 Å². The van der Waals surface area contributed by atoms with Gasteiger partial charge in [0.2, 0.25) is 0 Å². The lowest BCUT2D eigenvalue weighted by molar-refractivity contribution is 0.163. The van der Waals surface area contributed by atoms with Gasteiger partial charge in [-0.2, -0.15) is 0 Å². The number of hydrogen-bond donors (Lipinski definition) is 1. The van der Waals surface area contributed by atoms with E-state index in [2.05, 4.69) is 11.0 Å². The fourth-order valence-electron chi connectivity index (χ4n) is 2.39. The molecule has 1 heterocycles. The highest BCUT2D eigenvalue weighted by Crippen LogP contribution is 2.33. The minimum atomic E-state index is -0.290. The van der Waals surface area contributed by atoms with Crippen LogP contribution in [0.2, 0.25) is 0 Å². The lowest BCUT2D eigenvalue weighted by Crippen LogP contribution is -2.32. The molecule has 94 valence electrons. The molecule has 3 nitrogen and oxygen atoms in total. The van der Waals surface area contributed by atoms with E-state index < -0.39 is 0 Å². The number of methoxy groups -OCH3 is 1. The Balaban J connectivity index is 1.98. The summed E-state index contributed by atoms with van der Waals surface area (Å²) in [6.45, 7) is 2.83. The van der Waals surface area contributed by atoms with Crippen molar-refractivity contribution in [2.75, 3.05) is 31.7 Å². The molecule has 3 heteroatoms. The average Bonchev–Trinajstić information content (AvgIpc) is 2.37. The number of fused-ring (bicyclic) bond motifs is 1. The quantitative estimate of drug-likeness (QED) is 0.795. The van der Waals surface area contributed by atoms with Crippen LogP contribution >= 0.6 is 0 Å². The molecule has 0 fully saturated rings. The zero-order chi connectivity index (χ0) is 12.1. The predicted octanol–water partition coefficient (Wildman–Crippen LogP) is 2.36. The second-order valence-electron chi connectivity index (χ2n) is 4.55. The molecular formula is C14H21NO2. The summed E-state index contributed by atoms with van der Waals surface area (Å²) in [6.07, 6.45) is 2.78. The van der Waals surface area contributed by atoms with Gasteiger partial charge in [-0.1, -0.05) is 18.2 Å². The normalized spacial score (nSPS) is 19.2. The minimum absolute atomic E-state index is 0.290. The third kappa shape index (κ3) is 2.99. The molecule has 1 aliphatic heterocycles. The Morgan fingerprint density at radius 1 is 1.35 bits per heavy atom. The SMILES string of the molecule is COCCCCN1CCC(O)c2ccccc21. The molecule has 1 aromatic rings. The number of para-hydroxylation sites is 1. The Hall–Kier alpha value is -1.06. The molecule has 0 amide bonds. The summed E-state index contributed by atoms with van der Waals surface area (Å²) >= 11 is 0. The van der Waals surface area contributed by atoms with E-state index in [0.717, 1.165) is 44.5 Å². The van der Waals surface area contributed by atoms with E-state index in [4.69, 9.17) is 4.74 Å². The summed E-state index contributed by atoms with van der Waals surface area (Å²) in [5.41, 5.74) is 2.27. The van der Waals surface area contributed by atoms with Crippen LogP contribution in [0.4, 0.5) is 5.69 Å². The first-order valence-electron chi connectivity index (χ1n) is 6.34. The second-order valence-corrected chi connectivity index (χ2v) is 4.55. The first-order chi connectivity index (χ1) is 8.33. The summed E-state index contributed by atoms with van der Waals surface area (Å²) < 4.78 is 5.06. The smallest absolute Gasteiger partial charge is 0.0826 e. The molecule has 0 saturated carbocycles. The first-order valence-corrected chi connectivity index (χ1v) is 6.34. The third-order valence-corrected chi connectivity index (χ3v) is 3.34. The summed E-state index contributed by atoms with van der Waals surface area (Å²) in [7, 11) is 1.74. The van der Waals surface area contributed by atoms with Crippen LogP contribution < -0.4 is 4.90 Å². The van der Waals surface area contributed by atoms with Gasteiger partial charge in [0.05, 0.1) is 6.10 Å². The molecule has 1 atom stereocenters. The standard InChI is InChI=1S/C14H21NO2/c1-17-11-5-4-9-15-10-8-14(16)12-6-2-3-7-13(12)15/h2-3,6-7,14,16H,4-5,8-11H2,1H3. The Kier molecular flexibility index (Phi) is 4.40. The van der Waals surface area contributed by atoms with Crippen molar-refractivity contribution in [1.29, 1.82) is 0 Å². The van der Waals surface area contributed by atoms with Gasteiger partial charge in [0.25, 0.3) is 0 Å². The highest BCUT2D eigenvalue weighted by atomic mass is 16.5. The molecule has 0 saturated heterocycles. The molecule has 0 spiro atoms. The average molecular weight is 235 g/mol. The molecule has 1 aliphatic rings. The summed E-state index contributed by atoms with van der Waals surface area (Å²) in [5.74, 6) is 0. The molecular weight excluding hydrogens is 214 g/mol. The van der Waals surface area contributed by atoms with E-state index in [0.29, 0.717) is 0 Å². The predicted molar refractivity (Wildman–Crippen MR) is 69.3 cm³/mol. The summed E-state index contributed by atoms with van der Waals surface area (Å²) in [6, 6.07) is 8.17. The molecule has 0 radical (unpaired) electrons. The van der Waals surface area contributed by atoms with Gasteiger partial charge in [-0.15, -0.1) is 0 Å². The number of benzene rings is 1. The molecule has 0 aliphatic carbocycles. The van der Waals surface area contributed by atoms with Gasteiger partial charge >= 0.3 is 0 Å². The van der Waals surface area contributed by atoms with Crippen LogP contribution in [0, 0.1) is 0 Å². The Morgan fingerprint density at radius 3 is 3.00 bits per heavy atom. The van der Waals surface area contributed by atoms with Gasteiger partial charge in [-0.25, -0.2) is 0 Å². The van der Waals surface area contributed by atoms with Crippen LogP contribution in [0.5, 0.6) is 0 Å². The molecule has 2 rings (SSSR count).